The minimum absolute atomic E-state index is 0.312. The maximum absolute atomic E-state index is 11.7. The highest BCUT2D eigenvalue weighted by molar-refractivity contribution is 6.04. The number of H-pyrrole nitrogens is 1. The van der Waals surface area contributed by atoms with Crippen LogP contribution in [0.15, 0.2) is 42.5 Å². The van der Waals surface area contributed by atoms with E-state index < -0.39 is 5.91 Å². The summed E-state index contributed by atoms with van der Waals surface area (Å²) < 4.78 is 4.75. The molecule has 1 aromatic heterocycles. The first-order chi connectivity index (χ1) is 15.0. The molecule has 162 valence electrons. The second-order valence-corrected chi connectivity index (χ2v) is 7.75. The Morgan fingerprint density at radius 1 is 1.10 bits per heavy atom. The van der Waals surface area contributed by atoms with E-state index in [4.69, 9.17) is 10.5 Å². The smallest absolute Gasteiger partial charge is 0.337 e. The molecule has 2 aromatic carbocycles. The number of benzene rings is 2. The van der Waals surface area contributed by atoms with Gasteiger partial charge in [0.05, 0.1) is 23.8 Å². The summed E-state index contributed by atoms with van der Waals surface area (Å²) in [6.45, 7) is 4.66. The zero-order valence-corrected chi connectivity index (χ0v) is 17.6. The molecular weight excluding hydrogens is 394 g/mol. The van der Waals surface area contributed by atoms with Crippen LogP contribution in [0.4, 0.5) is 5.95 Å². The second kappa shape index (κ2) is 9.18. The molecule has 1 amide bonds. The zero-order valence-electron chi connectivity index (χ0n) is 17.6. The predicted octanol–water partition coefficient (Wildman–Crippen LogP) is 2.20. The summed E-state index contributed by atoms with van der Waals surface area (Å²) in [6, 6.07) is 13.0. The van der Waals surface area contributed by atoms with Gasteiger partial charge in [0.1, 0.15) is 5.52 Å². The minimum Gasteiger partial charge on any atom is -0.465 e. The molecule has 3 N–H and O–H groups in total. The van der Waals surface area contributed by atoms with Crippen LogP contribution in [0.3, 0.4) is 0 Å². The Labute approximate surface area is 181 Å². The van der Waals surface area contributed by atoms with E-state index in [1.165, 1.54) is 12.7 Å². The fourth-order valence-corrected chi connectivity index (χ4v) is 3.99. The molecule has 8 heteroatoms. The Balaban J connectivity index is 1.36. The van der Waals surface area contributed by atoms with E-state index >= 15 is 0 Å². The average molecular weight is 422 g/mol. The number of nitrogens with two attached hydrogens (primary N) is 1. The molecule has 0 bridgehead atoms. The Morgan fingerprint density at radius 3 is 2.65 bits per heavy atom. The van der Waals surface area contributed by atoms with Crippen molar-refractivity contribution < 1.29 is 14.3 Å². The summed E-state index contributed by atoms with van der Waals surface area (Å²) in [6.07, 6.45) is 1.95. The van der Waals surface area contributed by atoms with E-state index in [0.29, 0.717) is 16.6 Å². The number of carbonyl (C=O) groups excluding carboxylic acids is 2. The number of aromatic nitrogens is 2. The Bertz CT molecular complexity index is 1080. The lowest BCUT2D eigenvalue weighted by Crippen LogP contribution is -2.32. The molecule has 1 aliphatic heterocycles. The summed E-state index contributed by atoms with van der Waals surface area (Å²) in [5, 5.41) is 0. The zero-order chi connectivity index (χ0) is 21.8. The molecular formula is C23H27N5O3. The fourth-order valence-electron chi connectivity index (χ4n) is 3.99. The number of hydrogen-bond donors (Lipinski definition) is 2. The molecule has 0 atom stereocenters. The molecule has 1 fully saturated rings. The summed E-state index contributed by atoms with van der Waals surface area (Å²) in [4.78, 5) is 35.9. The van der Waals surface area contributed by atoms with Crippen LogP contribution >= 0.6 is 0 Å². The van der Waals surface area contributed by atoms with Crippen LogP contribution in [0, 0.1) is 0 Å². The third-order valence-corrected chi connectivity index (χ3v) is 5.75. The first-order valence-electron chi connectivity index (χ1n) is 10.5. The molecule has 31 heavy (non-hydrogen) atoms. The van der Waals surface area contributed by atoms with Crippen LogP contribution in [-0.2, 0) is 11.2 Å². The van der Waals surface area contributed by atoms with E-state index in [1.807, 2.05) is 36.4 Å². The number of nitrogens with one attached hydrogen (secondary N) is 1. The molecule has 3 aromatic rings. The van der Waals surface area contributed by atoms with Gasteiger partial charge in [0.15, 0.2) is 0 Å². The number of rotatable bonds is 6. The third-order valence-electron chi connectivity index (χ3n) is 5.75. The second-order valence-electron chi connectivity index (χ2n) is 7.75. The number of ether oxygens (including phenoxy) is 1. The van der Waals surface area contributed by atoms with Crippen LogP contribution in [-0.4, -0.2) is 66.6 Å². The Morgan fingerprint density at radius 2 is 1.90 bits per heavy atom. The molecule has 2 heterocycles. The highest BCUT2D eigenvalue weighted by Gasteiger charge is 2.19. The number of fused-ring (bicyclic) bond motifs is 1. The van der Waals surface area contributed by atoms with Crippen molar-refractivity contribution in [3.63, 3.8) is 0 Å². The van der Waals surface area contributed by atoms with Crippen LogP contribution in [0.2, 0.25) is 0 Å². The lowest BCUT2D eigenvalue weighted by molar-refractivity contribution is 0.0600. The number of primary amides is 1. The van der Waals surface area contributed by atoms with Crippen molar-refractivity contribution >= 4 is 28.9 Å². The van der Waals surface area contributed by atoms with Gasteiger partial charge in [0.2, 0.25) is 5.95 Å². The van der Waals surface area contributed by atoms with Crippen LogP contribution < -0.4 is 10.6 Å². The van der Waals surface area contributed by atoms with Gasteiger partial charge in [0.25, 0.3) is 5.91 Å². The van der Waals surface area contributed by atoms with E-state index in [0.717, 1.165) is 57.0 Å². The predicted molar refractivity (Wildman–Crippen MR) is 119 cm³/mol. The topological polar surface area (TPSA) is 105 Å². The third kappa shape index (κ3) is 4.69. The number of anilines is 1. The van der Waals surface area contributed by atoms with Crippen LogP contribution in [0.1, 0.15) is 32.7 Å². The van der Waals surface area contributed by atoms with Crippen molar-refractivity contribution in [2.45, 2.75) is 12.8 Å². The van der Waals surface area contributed by atoms with Crippen LogP contribution in [0.25, 0.3) is 11.0 Å². The van der Waals surface area contributed by atoms with Crippen molar-refractivity contribution in [2.75, 3.05) is 44.7 Å². The number of aromatic amines is 1. The van der Waals surface area contributed by atoms with Gasteiger partial charge in [-0.3, -0.25) is 4.79 Å². The quantitative estimate of drug-likeness (QED) is 0.592. The number of hydrogen-bond acceptors (Lipinski definition) is 6. The van der Waals surface area contributed by atoms with Gasteiger partial charge in [0, 0.05) is 26.2 Å². The minimum atomic E-state index is -0.467. The molecule has 4 rings (SSSR count). The maximum Gasteiger partial charge on any atom is 0.337 e. The van der Waals surface area contributed by atoms with Gasteiger partial charge >= 0.3 is 5.97 Å². The first-order valence-corrected chi connectivity index (χ1v) is 10.5. The molecule has 1 aliphatic rings. The van der Waals surface area contributed by atoms with E-state index in [-0.39, 0.29) is 5.97 Å². The standard InChI is InChI=1S/C23H27N5O3/c1-31-22(30)17-8-6-16(7-9-17)10-13-27-11-3-12-28(15-14-27)23-25-19-5-2-4-18(21(24)29)20(19)26-23/h2,4-9H,3,10-15H2,1H3,(H2,24,29)(H,25,26). The van der Waals surface area contributed by atoms with Crippen molar-refractivity contribution in [3.05, 3.63) is 59.2 Å². The number of methoxy groups -OCH3 is 1. The number of carbonyl (C=O) groups is 2. The summed E-state index contributed by atoms with van der Waals surface area (Å²) in [5.41, 5.74) is 9.14. The molecule has 0 unspecified atom stereocenters. The summed E-state index contributed by atoms with van der Waals surface area (Å²) in [5.74, 6) is 0.00181. The number of esters is 1. The molecule has 1 saturated heterocycles. The first kappa shape index (κ1) is 20.9. The Hall–Kier alpha value is -3.39. The monoisotopic (exact) mass is 421 g/mol. The van der Waals surface area contributed by atoms with Gasteiger partial charge < -0.3 is 25.3 Å². The highest BCUT2D eigenvalue weighted by atomic mass is 16.5. The lowest BCUT2D eigenvalue weighted by Gasteiger charge is -2.21. The van der Waals surface area contributed by atoms with Gasteiger partial charge in [-0.15, -0.1) is 0 Å². The highest BCUT2D eigenvalue weighted by Crippen LogP contribution is 2.22. The number of imidazole rings is 1. The fraction of sp³-hybridized carbons (Fsp3) is 0.348. The average Bonchev–Trinajstić information content (AvgIpc) is 3.08. The Kier molecular flexibility index (Phi) is 6.18. The SMILES string of the molecule is COC(=O)c1ccc(CCN2CCCN(c3nc4c(C(N)=O)cccc4[nH]3)CC2)cc1. The van der Waals surface area contributed by atoms with Gasteiger partial charge in [-0.2, -0.15) is 0 Å². The maximum atomic E-state index is 11.7. The number of nitrogens with zero attached hydrogens (tertiary/aromatic N) is 3. The van der Waals surface area contributed by atoms with Crippen molar-refractivity contribution in [2.24, 2.45) is 5.73 Å². The van der Waals surface area contributed by atoms with Gasteiger partial charge in [-0.1, -0.05) is 18.2 Å². The molecule has 0 saturated carbocycles. The van der Waals surface area contributed by atoms with Gasteiger partial charge in [-0.05, 0) is 49.2 Å². The molecule has 0 aliphatic carbocycles. The van der Waals surface area contributed by atoms with E-state index in [1.54, 1.807) is 6.07 Å². The van der Waals surface area contributed by atoms with E-state index in [9.17, 15) is 9.59 Å². The van der Waals surface area contributed by atoms with Gasteiger partial charge in [-0.25, -0.2) is 9.78 Å². The normalized spacial score (nSPS) is 15.1. The number of para-hydroxylation sites is 1. The van der Waals surface area contributed by atoms with Crippen molar-refractivity contribution in [1.82, 2.24) is 14.9 Å². The molecule has 0 spiro atoms. The lowest BCUT2D eigenvalue weighted by atomic mass is 10.1. The van der Waals surface area contributed by atoms with Crippen molar-refractivity contribution in [1.29, 1.82) is 0 Å². The summed E-state index contributed by atoms with van der Waals surface area (Å²) >= 11 is 0. The van der Waals surface area contributed by atoms with Crippen molar-refractivity contribution in [3.8, 4) is 0 Å². The summed E-state index contributed by atoms with van der Waals surface area (Å²) in [7, 11) is 1.39. The molecule has 8 nitrogen and oxygen atoms in total. The van der Waals surface area contributed by atoms with E-state index in [2.05, 4.69) is 19.8 Å². The van der Waals surface area contributed by atoms with Crippen LogP contribution in [0.5, 0.6) is 0 Å². The largest absolute Gasteiger partial charge is 0.465 e. The number of amides is 1. The molecule has 0 radical (unpaired) electrons.